The Balaban J connectivity index is 2.22. The standard InChI is InChI=1S/C13H22N4O/c1-4-14-10-7-11(16-12(15-10)9(2)3)17-13(8-18)5-6-13/h7,9,18H,4-6,8H2,1-3H3,(H2,14,15,16,17). The largest absolute Gasteiger partial charge is 0.394 e. The van der Waals surface area contributed by atoms with Gasteiger partial charge in [-0.3, -0.25) is 0 Å². The summed E-state index contributed by atoms with van der Waals surface area (Å²) in [5.74, 6) is 2.75. The van der Waals surface area contributed by atoms with E-state index in [2.05, 4.69) is 34.4 Å². The van der Waals surface area contributed by atoms with E-state index in [0.717, 1.165) is 36.8 Å². The molecule has 5 nitrogen and oxygen atoms in total. The van der Waals surface area contributed by atoms with Crippen molar-refractivity contribution >= 4 is 11.6 Å². The van der Waals surface area contributed by atoms with Gasteiger partial charge in [-0.2, -0.15) is 0 Å². The van der Waals surface area contributed by atoms with Crippen molar-refractivity contribution in [2.45, 2.75) is 45.1 Å². The van der Waals surface area contributed by atoms with Crippen molar-refractivity contribution in [3.63, 3.8) is 0 Å². The van der Waals surface area contributed by atoms with Crippen molar-refractivity contribution < 1.29 is 5.11 Å². The van der Waals surface area contributed by atoms with Gasteiger partial charge in [0, 0.05) is 18.5 Å². The van der Waals surface area contributed by atoms with Gasteiger partial charge in [-0.15, -0.1) is 0 Å². The highest BCUT2D eigenvalue weighted by Crippen LogP contribution is 2.38. The molecule has 1 heterocycles. The molecule has 18 heavy (non-hydrogen) atoms. The van der Waals surface area contributed by atoms with Crippen molar-refractivity contribution in [3.05, 3.63) is 11.9 Å². The summed E-state index contributed by atoms with van der Waals surface area (Å²) in [6, 6.07) is 1.91. The van der Waals surface area contributed by atoms with Crippen molar-refractivity contribution in [3.8, 4) is 0 Å². The number of aromatic nitrogens is 2. The van der Waals surface area contributed by atoms with Crippen LogP contribution in [0.15, 0.2) is 6.07 Å². The number of anilines is 2. The van der Waals surface area contributed by atoms with Crippen LogP contribution in [0.25, 0.3) is 0 Å². The van der Waals surface area contributed by atoms with Crippen LogP contribution in [0.5, 0.6) is 0 Å². The third-order valence-electron chi connectivity index (χ3n) is 3.17. The van der Waals surface area contributed by atoms with Gasteiger partial charge in [0.2, 0.25) is 0 Å². The van der Waals surface area contributed by atoms with Gasteiger partial charge in [0.1, 0.15) is 17.5 Å². The maximum atomic E-state index is 9.35. The molecule has 1 saturated carbocycles. The Bertz CT molecular complexity index is 415. The molecule has 3 N–H and O–H groups in total. The van der Waals surface area contributed by atoms with Crippen molar-refractivity contribution in [2.75, 3.05) is 23.8 Å². The number of aliphatic hydroxyl groups is 1. The Morgan fingerprint density at radius 2 is 2.00 bits per heavy atom. The molecule has 100 valence electrons. The monoisotopic (exact) mass is 250 g/mol. The summed E-state index contributed by atoms with van der Waals surface area (Å²) in [7, 11) is 0. The molecule has 1 fully saturated rings. The van der Waals surface area contributed by atoms with E-state index < -0.39 is 0 Å². The molecule has 0 aliphatic heterocycles. The van der Waals surface area contributed by atoms with E-state index in [1.807, 2.05) is 13.0 Å². The molecular weight excluding hydrogens is 228 g/mol. The molecule has 2 rings (SSSR count). The molecular formula is C13H22N4O. The zero-order chi connectivity index (χ0) is 13.2. The number of nitrogens with one attached hydrogen (secondary N) is 2. The van der Waals surface area contributed by atoms with Gasteiger partial charge in [-0.05, 0) is 19.8 Å². The van der Waals surface area contributed by atoms with Crippen LogP contribution in [-0.2, 0) is 0 Å². The Morgan fingerprint density at radius 3 is 2.50 bits per heavy atom. The molecule has 0 spiro atoms. The van der Waals surface area contributed by atoms with Gasteiger partial charge in [0.05, 0.1) is 12.1 Å². The predicted molar refractivity (Wildman–Crippen MR) is 73.0 cm³/mol. The van der Waals surface area contributed by atoms with Crippen LogP contribution < -0.4 is 10.6 Å². The predicted octanol–water partition coefficient (Wildman–Crippen LogP) is 1.97. The van der Waals surface area contributed by atoms with E-state index in [1.165, 1.54) is 0 Å². The molecule has 1 aromatic rings. The zero-order valence-electron chi connectivity index (χ0n) is 11.3. The van der Waals surface area contributed by atoms with Crippen LogP contribution >= 0.6 is 0 Å². The average molecular weight is 250 g/mol. The van der Waals surface area contributed by atoms with Crippen LogP contribution in [0.4, 0.5) is 11.6 Å². The number of nitrogens with zero attached hydrogens (tertiary/aromatic N) is 2. The van der Waals surface area contributed by atoms with Crippen LogP contribution in [0, 0.1) is 0 Å². The second-order valence-corrected chi connectivity index (χ2v) is 5.25. The smallest absolute Gasteiger partial charge is 0.135 e. The van der Waals surface area contributed by atoms with Gasteiger partial charge < -0.3 is 15.7 Å². The lowest BCUT2D eigenvalue weighted by Gasteiger charge is -2.17. The Kier molecular flexibility index (Phi) is 3.71. The number of hydrogen-bond acceptors (Lipinski definition) is 5. The molecule has 0 radical (unpaired) electrons. The van der Waals surface area contributed by atoms with E-state index in [9.17, 15) is 5.11 Å². The number of rotatable bonds is 6. The topological polar surface area (TPSA) is 70.1 Å². The normalized spacial score (nSPS) is 16.7. The minimum absolute atomic E-state index is 0.147. The van der Waals surface area contributed by atoms with Crippen molar-refractivity contribution in [1.29, 1.82) is 0 Å². The van der Waals surface area contributed by atoms with Crippen molar-refractivity contribution in [2.24, 2.45) is 0 Å². The van der Waals surface area contributed by atoms with Crippen LogP contribution in [0.3, 0.4) is 0 Å². The number of aliphatic hydroxyl groups excluding tert-OH is 1. The van der Waals surface area contributed by atoms with Crippen molar-refractivity contribution in [1.82, 2.24) is 9.97 Å². The molecule has 0 aromatic carbocycles. The van der Waals surface area contributed by atoms with Crippen LogP contribution in [0.2, 0.25) is 0 Å². The summed E-state index contributed by atoms with van der Waals surface area (Å²) >= 11 is 0. The zero-order valence-corrected chi connectivity index (χ0v) is 11.3. The molecule has 1 aromatic heterocycles. The SMILES string of the molecule is CCNc1cc(NC2(CO)CC2)nc(C(C)C)n1. The molecule has 0 unspecified atom stereocenters. The first kappa shape index (κ1) is 13.1. The summed E-state index contributed by atoms with van der Waals surface area (Å²) in [5, 5.41) is 15.9. The van der Waals surface area contributed by atoms with E-state index in [-0.39, 0.29) is 18.1 Å². The molecule has 0 saturated heterocycles. The molecule has 0 amide bonds. The first-order valence-electron chi connectivity index (χ1n) is 6.60. The second kappa shape index (κ2) is 5.10. The highest BCUT2D eigenvalue weighted by Gasteiger charge is 2.42. The van der Waals surface area contributed by atoms with E-state index in [1.54, 1.807) is 0 Å². The van der Waals surface area contributed by atoms with Gasteiger partial charge >= 0.3 is 0 Å². The fraction of sp³-hybridized carbons (Fsp3) is 0.692. The summed E-state index contributed by atoms with van der Waals surface area (Å²) < 4.78 is 0. The molecule has 0 bridgehead atoms. The van der Waals surface area contributed by atoms with Crippen LogP contribution in [0.1, 0.15) is 45.4 Å². The highest BCUT2D eigenvalue weighted by atomic mass is 16.3. The lowest BCUT2D eigenvalue weighted by molar-refractivity contribution is 0.266. The molecule has 1 aliphatic carbocycles. The lowest BCUT2D eigenvalue weighted by Crippen LogP contribution is -2.26. The van der Waals surface area contributed by atoms with Gasteiger partial charge in [-0.25, -0.2) is 9.97 Å². The summed E-state index contributed by atoms with van der Waals surface area (Å²) in [6.45, 7) is 7.19. The number of hydrogen-bond donors (Lipinski definition) is 3. The van der Waals surface area contributed by atoms with E-state index >= 15 is 0 Å². The maximum absolute atomic E-state index is 9.35. The summed E-state index contributed by atoms with van der Waals surface area (Å²) in [6.07, 6.45) is 2.00. The lowest BCUT2D eigenvalue weighted by atomic mass is 10.2. The highest BCUT2D eigenvalue weighted by molar-refractivity contribution is 5.50. The fourth-order valence-corrected chi connectivity index (χ4v) is 1.80. The van der Waals surface area contributed by atoms with Gasteiger partial charge in [0.15, 0.2) is 0 Å². The Labute approximate surface area is 108 Å². The Hall–Kier alpha value is -1.36. The van der Waals surface area contributed by atoms with Gasteiger partial charge in [0.25, 0.3) is 0 Å². The second-order valence-electron chi connectivity index (χ2n) is 5.25. The minimum Gasteiger partial charge on any atom is -0.394 e. The van der Waals surface area contributed by atoms with E-state index in [4.69, 9.17) is 0 Å². The maximum Gasteiger partial charge on any atom is 0.135 e. The van der Waals surface area contributed by atoms with Crippen LogP contribution in [-0.4, -0.2) is 33.8 Å². The Morgan fingerprint density at radius 1 is 1.33 bits per heavy atom. The summed E-state index contributed by atoms with van der Waals surface area (Å²) in [4.78, 5) is 8.99. The first-order valence-corrected chi connectivity index (χ1v) is 6.60. The average Bonchev–Trinajstić information content (AvgIpc) is 3.09. The fourth-order valence-electron chi connectivity index (χ4n) is 1.80. The van der Waals surface area contributed by atoms with Gasteiger partial charge in [-0.1, -0.05) is 13.8 Å². The first-order chi connectivity index (χ1) is 8.58. The molecule has 0 atom stereocenters. The third-order valence-corrected chi connectivity index (χ3v) is 3.17. The molecule has 1 aliphatic rings. The summed E-state index contributed by atoms with van der Waals surface area (Å²) in [5.41, 5.74) is -0.147. The molecule has 5 heteroatoms. The third kappa shape index (κ3) is 2.90. The minimum atomic E-state index is -0.147. The van der Waals surface area contributed by atoms with E-state index in [0.29, 0.717) is 0 Å². The quantitative estimate of drug-likeness (QED) is 0.720.